The Bertz CT molecular complexity index is 1190. The number of carbonyl (C=O) groups excluding carboxylic acids is 1. The first-order valence-corrected chi connectivity index (χ1v) is 10.4. The Balaban J connectivity index is 1.81. The van der Waals surface area contributed by atoms with Crippen LogP contribution in [-0.4, -0.2) is 23.9 Å². The van der Waals surface area contributed by atoms with Crippen LogP contribution in [0.3, 0.4) is 0 Å². The summed E-state index contributed by atoms with van der Waals surface area (Å²) < 4.78 is 46.2. The molecule has 1 aromatic heterocycles. The second-order valence-corrected chi connectivity index (χ2v) is 8.72. The number of hydrogen-bond acceptors (Lipinski definition) is 5. The van der Waals surface area contributed by atoms with Crippen molar-refractivity contribution in [1.82, 2.24) is 9.46 Å². The van der Waals surface area contributed by atoms with Gasteiger partial charge in [-0.05, 0) is 31.2 Å². The lowest BCUT2D eigenvalue weighted by molar-refractivity contribution is 0.225. The summed E-state index contributed by atoms with van der Waals surface area (Å²) in [7, 11) is -4.13. The number of rotatable bonds is 4. The number of halogens is 2. The van der Waals surface area contributed by atoms with Gasteiger partial charge in [-0.15, -0.1) is 0 Å². The molecule has 2 aromatic carbocycles. The summed E-state index contributed by atoms with van der Waals surface area (Å²) in [6, 6.07) is 11.0. The van der Waals surface area contributed by atoms with E-state index in [0.717, 1.165) is 0 Å². The number of urea groups is 1. The molecule has 0 bridgehead atoms. The number of amides is 2. The first-order valence-electron chi connectivity index (χ1n) is 8.57. The van der Waals surface area contributed by atoms with Gasteiger partial charge in [-0.25, -0.2) is 21.9 Å². The van der Waals surface area contributed by atoms with E-state index in [1.54, 1.807) is 25.1 Å². The fourth-order valence-electron chi connectivity index (χ4n) is 3.14. The normalized spacial score (nSPS) is 15.5. The number of carbonyl (C=O) groups is 1. The van der Waals surface area contributed by atoms with Crippen LogP contribution in [0, 0.1) is 12.7 Å². The van der Waals surface area contributed by atoms with Crippen LogP contribution in [0.4, 0.5) is 14.9 Å². The minimum atomic E-state index is -4.13. The number of aryl methyl sites for hydroxylation is 1. The van der Waals surface area contributed by atoms with Gasteiger partial charge >= 0.3 is 6.03 Å². The van der Waals surface area contributed by atoms with E-state index in [1.807, 2.05) is 0 Å². The number of benzene rings is 2. The zero-order chi connectivity index (χ0) is 20.8. The van der Waals surface area contributed by atoms with Gasteiger partial charge in [0.2, 0.25) is 0 Å². The second-order valence-electron chi connectivity index (χ2n) is 6.48. The van der Waals surface area contributed by atoms with Crippen LogP contribution in [-0.2, 0) is 23.1 Å². The monoisotopic (exact) mass is 435 g/mol. The SMILES string of the molecule is Cc1cc(CN2C(=O)N(Cc3c(F)cccc3Cl)c3ccccc3S2(=O)=O)no1. The Morgan fingerprint density at radius 1 is 1.14 bits per heavy atom. The summed E-state index contributed by atoms with van der Waals surface area (Å²) in [4.78, 5) is 14.3. The number of sulfonamides is 1. The molecule has 7 nitrogen and oxygen atoms in total. The molecule has 10 heteroatoms. The summed E-state index contributed by atoms with van der Waals surface area (Å²) in [6.45, 7) is 1.12. The van der Waals surface area contributed by atoms with Crippen LogP contribution in [0.2, 0.25) is 5.02 Å². The zero-order valence-electron chi connectivity index (χ0n) is 15.2. The van der Waals surface area contributed by atoms with Gasteiger partial charge in [0.25, 0.3) is 10.0 Å². The van der Waals surface area contributed by atoms with Gasteiger partial charge in [0, 0.05) is 16.7 Å². The van der Waals surface area contributed by atoms with Gasteiger partial charge < -0.3 is 4.52 Å². The number of hydrogen-bond donors (Lipinski definition) is 0. The number of nitrogens with zero attached hydrogens (tertiary/aromatic N) is 3. The van der Waals surface area contributed by atoms with E-state index < -0.39 is 21.9 Å². The van der Waals surface area contributed by atoms with Crippen molar-refractivity contribution in [2.24, 2.45) is 0 Å². The topological polar surface area (TPSA) is 83.7 Å². The molecule has 0 saturated carbocycles. The third-order valence-electron chi connectivity index (χ3n) is 4.53. The molecule has 0 N–H and O–H groups in total. The van der Waals surface area contributed by atoms with Crippen molar-refractivity contribution in [2.75, 3.05) is 4.90 Å². The van der Waals surface area contributed by atoms with E-state index in [-0.39, 0.29) is 40.0 Å². The van der Waals surface area contributed by atoms with Gasteiger partial charge in [0.15, 0.2) is 0 Å². The third kappa shape index (κ3) is 3.36. The molecule has 0 spiro atoms. The first-order chi connectivity index (χ1) is 13.8. The van der Waals surface area contributed by atoms with E-state index in [4.69, 9.17) is 16.1 Å². The lowest BCUT2D eigenvalue weighted by atomic mass is 10.2. The summed E-state index contributed by atoms with van der Waals surface area (Å²) in [5, 5.41) is 3.91. The van der Waals surface area contributed by atoms with Gasteiger partial charge in [-0.3, -0.25) is 4.90 Å². The Morgan fingerprint density at radius 3 is 2.59 bits per heavy atom. The molecule has 0 atom stereocenters. The lowest BCUT2D eigenvalue weighted by Crippen LogP contribution is -2.50. The van der Waals surface area contributed by atoms with Gasteiger partial charge in [-0.1, -0.05) is 35.0 Å². The van der Waals surface area contributed by atoms with Crippen LogP contribution >= 0.6 is 11.6 Å². The average molecular weight is 436 g/mol. The van der Waals surface area contributed by atoms with Crippen molar-refractivity contribution in [3.05, 3.63) is 76.4 Å². The second kappa shape index (κ2) is 7.16. The highest BCUT2D eigenvalue weighted by molar-refractivity contribution is 7.90. The fraction of sp³-hybridized carbons (Fsp3) is 0.158. The molecule has 0 aliphatic carbocycles. The van der Waals surface area contributed by atoms with Crippen LogP contribution in [0.25, 0.3) is 0 Å². The molecule has 4 rings (SSSR count). The Kier molecular flexibility index (Phi) is 4.79. The highest BCUT2D eigenvalue weighted by atomic mass is 35.5. The molecule has 1 aliphatic heterocycles. The molecule has 0 saturated heterocycles. The van der Waals surface area contributed by atoms with E-state index in [0.29, 0.717) is 10.1 Å². The fourth-order valence-corrected chi connectivity index (χ4v) is 4.90. The molecule has 0 radical (unpaired) electrons. The first kappa shape index (κ1) is 19.4. The highest BCUT2D eigenvalue weighted by Crippen LogP contribution is 2.37. The molecule has 150 valence electrons. The predicted molar refractivity (Wildman–Crippen MR) is 103 cm³/mol. The maximum Gasteiger partial charge on any atom is 0.339 e. The molecule has 1 aliphatic rings. The minimum Gasteiger partial charge on any atom is -0.361 e. The molecule has 29 heavy (non-hydrogen) atoms. The molecular weight excluding hydrogens is 421 g/mol. The number of anilines is 1. The smallest absolute Gasteiger partial charge is 0.339 e. The zero-order valence-corrected chi connectivity index (χ0v) is 16.7. The van der Waals surface area contributed by atoms with E-state index in [1.165, 1.54) is 35.2 Å². The van der Waals surface area contributed by atoms with Gasteiger partial charge in [-0.2, -0.15) is 0 Å². The Labute approximate surface area is 171 Å². The number of fused-ring (bicyclic) bond motifs is 1. The van der Waals surface area contributed by atoms with E-state index >= 15 is 0 Å². The van der Waals surface area contributed by atoms with Crippen molar-refractivity contribution < 1.29 is 22.1 Å². The van der Waals surface area contributed by atoms with Gasteiger partial charge in [0.05, 0.1) is 18.8 Å². The third-order valence-corrected chi connectivity index (χ3v) is 6.65. The van der Waals surface area contributed by atoms with E-state index in [9.17, 15) is 17.6 Å². The predicted octanol–water partition coefficient (Wildman–Crippen LogP) is 4.11. The molecular formula is C19H15ClFN3O4S. The molecule has 2 amide bonds. The van der Waals surface area contributed by atoms with E-state index in [2.05, 4.69) is 5.16 Å². The van der Waals surface area contributed by atoms with Crippen molar-refractivity contribution >= 4 is 33.3 Å². The van der Waals surface area contributed by atoms with Gasteiger partial charge in [0.1, 0.15) is 22.2 Å². The van der Waals surface area contributed by atoms with Crippen molar-refractivity contribution in [3.63, 3.8) is 0 Å². The largest absolute Gasteiger partial charge is 0.361 e. The van der Waals surface area contributed by atoms with Crippen LogP contribution in [0.5, 0.6) is 0 Å². The summed E-state index contributed by atoms with van der Waals surface area (Å²) in [5.74, 6) is -0.105. The van der Waals surface area contributed by atoms with Crippen molar-refractivity contribution in [3.8, 4) is 0 Å². The van der Waals surface area contributed by atoms with Crippen molar-refractivity contribution in [1.29, 1.82) is 0 Å². The quantitative estimate of drug-likeness (QED) is 0.615. The Hall–Kier alpha value is -2.91. The standard InChI is InChI=1S/C19H15ClFN3O4S/c1-12-9-13(22-28-12)10-24-19(25)23(11-14-15(20)5-4-6-16(14)21)17-7-2-3-8-18(17)29(24,26)27/h2-9H,10-11H2,1H3. The maximum atomic E-state index is 14.3. The summed E-state index contributed by atoms with van der Waals surface area (Å²) >= 11 is 6.12. The highest BCUT2D eigenvalue weighted by Gasteiger charge is 2.42. The number of aromatic nitrogens is 1. The summed E-state index contributed by atoms with van der Waals surface area (Å²) in [5.41, 5.74) is 0.529. The maximum absolute atomic E-state index is 14.3. The summed E-state index contributed by atoms with van der Waals surface area (Å²) in [6.07, 6.45) is 0. The minimum absolute atomic E-state index is 0.0627. The Morgan fingerprint density at radius 2 is 1.90 bits per heavy atom. The number of para-hydroxylation sites is 1. The average Bonchev–Trinajstić information content (AvgIpc) is 3.09. The van der Waals surface area contributed by atoms with Crippen molar-refractivity contribution in [2.45, 2.75) is 24.9 Å². The molecule has 0 fully saturated rings. The van der Waals surface area contributed by atoms with Crippen LogP contribution in [0.15, 0.2) is 57.9 Å². The molecule has 3 aromatic rings. The van der Waals surface area contributed by atoms with Crippen LogP contribution < -0.4 is 4.90 Å². The lowest BCUT2D eigenvalue weighted by Gasteiger charge is -2.36. The molecule has 0 unspecified atom stereocenters. The molecule has 2 heterocycles. The van der Waals surface area contributed by atoms with Crippen LogP contribution in [0.1, 0.15) is 17.0 Å².